The fraction of sp³-hybridized carbons (Fsp3) is 0.111. The van der Waals surface area contributed by atoms with Gasteiger partial charge in [-0.2, -0.15) is 0 Å². The van der Waals surface area contributed by atoms with E-state index in [0.717, 1.165) is 6.07 Å². The van der Waals surface area contributed by atoms with Gasteiger partial charge in [-0.1, -0.05) is 0 Å². The molecule has 2 rings (SSSR count). The number of hydrogen-bond donors (Lipinski definition) is 1. The van der Waals surface area contributed by atoms with Gasteiger partial charge in [-0.05, 0) is 13.0 Å². The van der Waals surface area contributed by atoms with Crippen LogP contribution >= 0.6 is 0 Å². The fourth-order valence-corrected chi connectivity index (χ4v) is 1.31. The number of nitrogens with two attached hydrogens (primary N) is 1. The second kappa shape index (κ2) is 2.80. The number of aryl methyl sites for hydroxylation is 1. The molecule has 4 nitrogen and oxygen atoms in total. The van der Waals surface area contributed by atoms with Crippen molar-refractivity contribution in [1.82, 2.24) is 9.38 Å². The molecule has 0 fully saturated rings. The van der Waals surface area contributed by atoms with E-state index < -0.39 is 11.7 Å². The Kier molecular flexibility index (Phi) is 1.73. The van der Waals surface area contributed by atoms with E-state index in [1.54, 1.807) is 13.1 Å². The number of carbonyl (C=O) groups excluding carboxylic acids is 1. The van der Waals surface area contributed by atoms with Crippen LogP contribution in [0.3, 0.4) is 0 Å². The summed E-state index contributed by atoms with van der Waals surface area (Å²) in [5.41, 5.74) is 6.06. The van der Waals surface area contributed by atoms with Gasteiger partial charge in [0.2, 0.25) is 5.91 Å². The number of fused-ring (bicyclic) bond motifs is 1. The van der Waals surface area contributed by atoms with Gasteiger partial charge in [-0.3, -0.25) is 4.79 Å². The average Bonchev–Trinajstić information content (AvgIpc) is 2.45. The van der Waals surface area contributed by atoms with Crippen molar-refractivity contribution in [2.75, 3.05) is 0 Å². The van der Waals surface area contributed by atoms with Crippen LogP contribution in [0.1, 0.15) is 16.1 Å². The van der Waals surface area contributed by atoms with E-state index in [1.165, 1.54) is 10.6 Å². The van der Waals surface area contributed by atoms with E-state index >= 15 is 0 Å². The first-order chi connectivity index (χ1) is 6.58. The SMILES string of the molecule is Cc1cn2cc(C(N)=O)cc(F)c2n1. The molecule has 1 amide bonds. The number of hydrogen-bond acceptors (Lipinski definition) is 2. The molecule has 14 heavy (non-hydrogen) atoms. The number of halogens is 1. The molecule has 0 radical (unpaired) electrons. The van der Waals surface area contributed by atoms with Crippen LogP contribution in [-0.2, 0) is 0 Å². The minimum absolute atomic E-state index is 0.132. The molecule has 0 unspecified atom stereocenters. The van der Waals surface area contributed by atoms with Crippen LogP contribution in [0, 0.1) is 12.7 Å². The molecule has 72 valence electrons. The lowest BCUT2D eigenvalue weighted by Crippen LogP contribution is -2.12. The van der Waals surface area contributed by atoms with E-state index in [4.69, 9.17) is 5.73 Å². The first-order valence-corrected chi connectivity index (χ1v) is 4.02. The van der Waals surface area contributed by atoms with E-state index in [0.29, 0.717) is 5.69 Å². The summed E-state index contributed by atoms with van der Waals surface area (Å²) in [5, 5.41) is 0. The lowest BCUT2D eigenvalue weighted by Gasteiger charge is -1.98. The monoisotopic (exact) mass is 193 g/mol. The van der Waals surface area contributed by atoms with E-state index in [9.17, 15) is 9.18 Å². The van der Waals surface area contributed by atoms with Crippen molar-refractivity contribution in [3.8, 4) is 0 Å². The number of aromatic nitrogens is 2. The Balaban J connectivity index is 2.77. The smallest absolute Gasteiger partial charge is 0.250 e. The van der Waals surface area contributed by atoms with E-state index in [-0.39, 0.29) is 11.2 Å². The number of primary amides is 1. The lowest BCUT2D eigenvalue weighted by atomic mass is 10.2. The number of rotatable bonds is 1. The molecule has 2 N–H and O–H groups in total. The highest BCUT2D eigenvalue weighted by atomic mass is 19.1. The predicted molar refractivity (Wildman–Crippen MR) is 48.4 cm³/mol. The lowest BCUT2D eigenvalue weighted by molar-refractivity contribution is 0.0999. The molecule has 0 atom stereocenters. The first kappa shape index (κ1) is 8.68. The second-order valence-electron chi connectivity index (χ2n) is 3.05. The van der Waals surface area contributed by atoms with Crippen LogP contribution in [0.4, 0.5) is 4.39 Å². The molecule has 0 saturated heterocycles. The minimum atomic E-state index is -0.655. The molecule has 0 bridgehead atoms. The molecule has 5 heteroatoms. The van der Waals surface area contributed by atoms with Gasteiger partial charge < -0.3 is 10.1 Å². The maximum Gasteiger partial charge on any atom is 0.250 e. The third-order valence-corrected chi connectivity index (χ3v) is 1.91. The fourth-order valence-electron chi connectivity index (χ4n) is 1.31. The highest BCUT2D eigenvalue weighted by Crippen LogP contribution is 2.11. The maximum absolute atomic E-state index is 13.3. The zero-order valence-corrected chi connectivity index (χ0v) is 7.49. The van der Waals surface area contributed by atoms with Crippen LogP contribution < -0.4 is 5.73 Å². The van der Waals surface area contributed by atoms with Gasteiger partial charge in [0.25, 0.3) is 0 Å². The Bertz CT molecular complexity index is 518. The first-order valence-electron chi connectivity index (χ1n) is 4.02. The Hall–Kier alpha value is -1.91. The van der Waals surface area contributed by atoms with E-state index in [1.807, 2.05) is 0 Å². The molecule has 0 aromatic carbocycles. The summed E-state index contributed by atoms with van der Waals surface area (Å²) in [6.07, 6.45) is 3.09. The summed E-state index contributed by atoms with van der Waals surface area (Å²) in [6.45, 7) is 1.75. The third-order valence-electron chi connectivity index (χ3n) is 1.91. The molecule has 2 aromatic heterocycles. The summed E-state index contributed by atoms with van der Waals surface area (Å²) >= 11 is 0. The Labute approximate surface area is 79.2 Å². The third kappa shape index (κ3) is 1.22. The number of imidazole rings is 1. The second-order valence-corrected chi connectivity index (χ2v) is 3.05. The number of carbonyl (C=O) groups is 1. The summed E-state index contributed by atoms with van der Waals surface area (Å²) in [7, 11) is 0. The summed E-state index contributed by atoms with van der Waals surface area (Å²) in [5.74, 6) is -1.20. The van der Waals surface area contributed by atoms with Crippen molar-refractivity contribution in [2.24, 2.45) is 5.73 Å². The Morgan fingerprint density at radius 1 is 1.57 bits per heavy atom. The quantitative estimate of drug-likeness (QED) is 0.730. The molecule has 0 spiro atoms. The molecule has 0 aliphatic carbocycles. The average molecular weight is 193 g/mol. The largest absolute Gasteiger partial charge is 0.366 e. The highest BCUT2D eigenvalue weighted by Gasteiger charge is 2.09. The molecule has 0 aliphatic rings. The van der Waals surface area contributed by atoms with Crippen LogP contribution in [0.2, 0.25) is 0 Å². The maximum atomic E-state index is 13.3. The van der Waals surface area contributed by atoms with Gasteiger partial charge in [0.1, 0.15) is 0 Å². The Morgan fingerprint density at radius 3 is 2.93 bits per heavy atom. The number of nitrogens with zero attached hydrogens (tertiary/aromatic N) is 2. The van der Waals surface area contributed by atoms with Crippen molar-refractivity contribution in [1.29, 1.82) is 0 Å². The van der Waals surface area contributed by atoms with Crippen molar-refractivity contribution in [3.63, 3.8) is 0 Å². The standard InChI is InChI=1S/C9H8FN3O/c1-5-3-13-4-6(8(11)14)2-7(10)9(13)12-5/h2-4H,1H3,(H2,11,14). The molecule has 0 saturated carbocycles. The molecule has 2 aromatic rings. The molecular weight excluding hydrogens is 185 g/mol. The van der Waals surface area contributed by atoms with Gasteiger partial charge in [-0.15, -0.1) is 0 Å². The van der Waals surface area contributed by atoms with Crippen LogP contribution in [0.15, 0.2) is 18.5 Å². The summed E-state index contributed by atoms with van der Waals surface area (Å²) in [6, 6.07) is 1.09. The van der Waals surface area contributed by atoms with Crippen molar-refractivity contribution >= 4 is 11.6 Å². The minimum Gasteiger partial charge on any atom is -0.366 e. The van der Waals surface area contributed by atoms with E-state index in [2.05, 4.69) is 4.98 Å². The van der Waals surface area contributed by atoms with Crippen molar-refractivity contribution in [2.45, 2.75) is 6.92 Å². The van der Waals surface area contributed by atoms with Crippen LogP contribution in [0.5, 0.6) is 0 Å². The molecule has 2 heterocycles. The topological polar surface area (TPSA) is 60.4 Å². The Morgan fingerprint density at radius 2 is 2.29 bits per heavy atom. The van der Waals surface area contributed by atoms with Gasteiger partial charge in [0.15, 0.2) is 11.5 Å². The number of pyridine rings is 1. The zero-order valence-electron chi connectivity index (χ0n) is 7.49. The van der Waals surface area contributed by atoms with Gasteiger partial charge in [0.05, 0.1) is 11.3 Å². The normalized spacial score (nSPS) is 10.7. The van der Waals surface area contributed by atoms with Crippen LogP contribution in [-0.4, -0.2) is 15.3 Å². The summed E-state index contributed by atoms with van der Waals surface area (Å²) in [4.78, 5) is 14.8. The highest BCUT2D eigenvalue weighted by molar-refractivity contribution is 5.92. The van der Waals surface area contributed by atoms with Gasteiger partial charge >= 0.3 is 0 Å². The van der Waals surface area contributed by atoms with Gasteiger partial charge in [-0.25, -0.2) is 9.37 Å². The van der Waals surface area contributed by atoms with Crippen molar-refractivity contribution in [3.05, 3.63) is 35.5 Å². The number of amides is 1. The van der Waals surface area contributed by atoms with Crippen LogP contribution in [0.25, 0.3) is 5.65 Å². The zero-order chi connectivity index (χ0) is 10.3. The molecular formula is C9H8FN3O. The van der Waals surface area contributed by atoms with Gasteiger partial charge in [0, 0.05) is 12.4 Å². The molecule has 0 aliphatic heterocycles. The predicted octanol–water partition coefficient (Wildman–Crippen LogP) is 0.881. The summed E-state index contributed by atoms with van der Waals surface area (Å²) < 4.78 is 14.8. The van der Waals surface area contributed by atoms with Crippen molar-refractivity contribution < 1.29 is 9.18 Å².